The number of amides is 1. The molecule has 0 spiro atoms. The molecule has 1 aromatic heterocycles. The first-order valence-corrected chi connectivity index (χ1v) is 13.0. The average Bonchev–Trinajstić information content (AvgIpc) is 3.24. The quantitative estimate of drug-likeness (QED) is 0.347. The van der Waals surface area contributed by atoms with Gasteiger partial charge in [0, 0.05) is 25.1 Å². The summed E-state index contributed by atoms with van der Waals surface area (Å²) in [5.74, 6) is 2.20. The fourth-order valence-corrected chi connectivity index (χ4v) is 4.52. The monoisotopic (exact) mass is 516 g/mol. The number of rotatable bonds is 8. The van der Waals surface area contributed by atoms with Gasteiger partial charge >= 0.3 is 6.09 Å². The summed E-state index contributed by atoms with van der Waals surface area (Å²) < 4.78 is 17.5. The van der Waals surface area contributed by atoms with Crippen LogP contribution in [-0.2, 0) is 22.4 Å². The highest BCUT2D eigenvalue weighted by Crippen LogP contribution is 2.26. The van der Waals surface area contributed by atoms with Crippen molar-refractivity contribution in [2.45, 2.75) is 59.5 Å². The van der Waals surface area contributed by atoms with E-state index in [0.29, 0.717) is 44.8 Å². The molecule has 0 aliphatic carbocycles. The summed E-state index contributed by atoms with van der Waals surface area (Å²) in [5.41, 5.74) is 4.01. The fraction of sp³-hybridized carbons (Fsp3) is 0.387. The Morgan fingerprint density at radius 1 is 1.08 bits per heavy atom. The second-order valence-corrected chi connectivity index (χ2v) is 10.6. The van der Waals surface area contributed by atoms with E-state index >= 15 is 0 Å². The predicted octanol–water partition coefficient (Wildman–Crippen LogP) is 6.34. The fourth-order valence-electron chi connectivity index (χ4n) is 4.52. The molecule has 7 nitrogen and oxygen atoms in total. The van der Waals surface area contributed by atoms with Crippen molar-refractivity contribution in [1.29, 1.82) is 0 Å². The number of ether oxygens (including phenoxy) is 2. The van der Waals surface area contributed by atoms with Gasteiger partial charge in [0.25, 0.3) is 0 Å². The molecule has 1 amide bonds. The first-order valence-electron chi connectivity index (χ1n) is 13.0. The molecule has 200 valence electrons. The Balaban J connectivity index is 1.40. The lowest BCUT2D eigenvalue weighted by Crippen LogP contribution is -2.41. The maximum atomic E-state index is 12.6. The van der Waals surface area contributed by atoms with Crippen molar-refractivity contribution in [2.75, 3.05) is 19.7 Å². The number of carbonyl (C=O) groups excluding carboxylic acids is 2. The number of aryl methyl sites for hydroxylation is 1. The molecule has 3 aromatic rings. The standard InChI is InChI=1S/C31H36N2O5/c1-21(34)27-14-16-33(30(35)38-31(3,4)5)20-25(27)18-23-10-9-13-26(19-23)36-17-15-28-22(2)37-29(32-28)24-11-7-6-8-12-24/h6-13,19H,14-18,20H2,1-5H3. The van der Waals surface area contributed by atoms with E-state index in [0.717, 1.165) is 39.5 Å². The van der Waals surface area contributed by atoms with Crippen molar-refractivity contribution in [3.8, 4) is 17.2 Å². The van der Waals surface area contributed by atoms with Gasteiger partial charge in [0.15, 0.2) is 5.78 Å². The van der Waals surface area contributed by atoms with Crippen LogP contribution < -0.4 is 4.74 Å². The van der Waals surface area contributed by atoms with Gasteiger partial charge in [-0.3, -0.25) is 4.79 Å². The molecule has 7 heteroatoms. The van der Waals surface area contributed by atoms with E-state index < -0.39 is 5.60 Å². The maximum Gasteiger partial charge on any atom is 0.410 e. The molecule has 1 aliphatic rings. The van der Waals surface area contributed by atoms with Crippen LogP contribution in [0.4, 0.5) is 4.79 Å². The van der Waals surface area contributed by atoms with Gasteiger partial charge in [0.05, 0.1) is 12.3 Å². The SMILES string of the molecule is CC(=O)C1=C(Cc2cccc(OCCc3nc(-c4ccccc4)oc3C)c2)CN(C(=O)OC(C)(C)C)CC1. The van der Waals surface area contributed by atoms with Crippen molar-refractivity contribution < 1.29 is 23.5 Å². The normalized spacial score (nSPS) is 14.0. The third kappa shape index (κ3) is 7.12. The molecule has 0 bridgehead atoms. The van der Waals surface area contributed by atoms with Gasteiger partial charge < -0.3 is 18.8 Å². The lowest BCUT2D eigenvalue weighted by atomic mass is 9.92. The van der Waals surface area contributed by atoms with Gasteiger partial charge in [0.1, 0.15) is 17.1 Å². The number of hydrogen-bond donors (Lipinski definition) is 0. The summed E-state index contributed by atoms with van der Waals surface area (Å²) in [6, 6.07) is 17.7. The van der Waals surface area contributed by atoms with Crippen LogP contribution in [0.15, 0.2) is 70.2 Å². The summed E-state index contributed by atoms with van der Waals surface area (Å²) in [4.78, 5) is 31.3. The zero-order chi connectivity index (χ0) is 27.3. The van der Waals surface area contributed by atoms with Crippen LogP contribution >= 0.6 is 0 Å². The predicted molar refractivity (Wildman–Crippen MR) is 146 cm³/mol. The third-order valence-electron chi connectivity index (χ3n) is 6.35. The van der Waals surface area contributed by atoms with Crippen molar-refractivity contribution in [3.05, 3.63) is 82.8 Å². The average molecular weight is 517 g/mol. The van der Waals surface area contributed by atoms with Crippen LogP contribution in [0.1, 0.15) is 51.1 Å². The highest BCUT2D eigenvalue weighted by molar-refractivity contribution is 5.94. The van der Waals surface area contributed by atoms with Crippen LogP contribution in [-0.4, -0.2) is 47.1 Å². The van der Waals surface area contributed by atoms with E-state index in [2.05, 4.69) is 4.98 Å². The van der Waals surface area contributed by atoms with Gasteiger partial charge in [-0.15, -0.1) is 0 Å². The molecule has 0 unspecified atom stereocenters. The molecule has 0 fully saturated rings. The van der Waals surface area contributed by atoms with Crippen LogP contribution in [0, 0.1) is 6.92 Å². The first-order chi connectivity index (χ1) is 18.1. The van der Waals surface area contributed by atoms with Gasteiger partial charge in [-0.2, -0.15) is 0 Å². The molecule has 4 rings (SSSR count). The molecular formula is C31H36N2O5. The highest BCUT2D eigenvalue weighted by atomic mass is 16.6. The molecule has 0 N–H and O–H groups in total. The van der Waals surface area contributed by atoms with E-state index in [1.807, 2.05) is 82.3 Å². The molecule has 0 atom stereocenters. The van der Waals surface area contributed by atoms with E-state index in [4.69, 9.17) is 13.9 Å². The number of nitrogens with zero attached hydrogens (tertiary/aromatic N) is 2. The number of carbonyl (C=O) groups is 2. The second kappa shape index (κ2) is 11.7. The van der Waals surface area contributed by atoms with Crippen molar-refractivity contribution in [3.63, 3.8) is 0 Å². The van der Waals surface area contributed by atoms with Crippen molar-refractivity contribution in [2.24, 2.45) is 0 Å². The van der Waals surface area contributed by atoms with Crippen LogP contribution in [0.3, 0.4) is 0 Å². The Labute approximate surface area is 224 Å². The van der Waals surface area contributed by atoms with Gasteiger partial charge in [0.2, 0.25) is 5.89 Å². The largest absolute Gasteiger partial charge is 0.493 e. The molecule has 1 aliphatic heterocycles. The van der Waals surface area contributed by atoms with Crippen molar-refractivity contribution >= 4 is 11.9 Å². The Kier molecular flexibility index (Phi) is 8.35. The summed E-state index contributed by atoms with van der Waals surface area (Å²) in [6.07, 6.45) is 1.36. The van der Waals surface area contributed by atoms with Gasteiger partial charge in [-0.1, -0.05) is 30.3 Å². The highest BCUT2D eigenvalue weighted by Gasteiger charge is 2.28. The van der Waals surface area contributed by atoms with Crippen LogP contribution in [0.2, 0.25) is 0 Å². The summed E-state index contributed by atoms with van der Waals surface area (Å²) >= 11 is 0. The van der Waals surface area contributed by atoms with Crippen molar-refractivity contribution in [1.82, 2.24) is 9.88 Å². The summed E-state index contributed by atoms with van der Waals surface area (Å²) in [5, 5.41) is 0. The maximum absolute atomic E-state index is 12.6. The molecule has 2 heterocycles. The minimum Gasteiger partial charge on any atom is -0.493 e. The minimum atomic E-state index is -0.568. The first kappa shape index (κ1) is 27.2. The van der Waals surface area contributed by atoms with Gasteiger partial charge in [-0.25, -0.2) is 9.78 Å². The number of benzene rings is 2. The van der Waals surface area contributed by atoms with Gasteiger partial charge in [-0.05, 0) is 88.4 Å². The number of ketones is 1. The number of oxazole rings is 1. The van der Waals surface area contributed by atoms with E-state index in [-0.39, 0.29) is 11.9 Å². The molecule has 0 radical (unpaired) electrons. The molecule has 2 aromatic carbocycles. The zero-order valence-electron chi connectivity index (χ0n) is 22.9. The minimum absolute atomic E-state index is 0.0501. The van der Waals surface area contributed by atoms with Crippen LogP contribution in [0.25, 0.3) is 11.5 Å². The number of aromatic nitrogens is 1. The van der Waals surface area contributed by atoms with E-state index in [9.17, 15) is 9.59 Å². The van der Waals surface area contributed by atoms with E-state index in [1.54, 1.807) is 11.8 Å². The zero-order valence-corrected chi connectivity index (χ0v) is 22.9. The Hall–Kier alpha value is -3.87. The Morgan fingerprint density at radius 2 is 1.84 bits per heavy atom. The number of hydrogen-bond acceptors (Lipinski definition) is 6. The second-order valence-electron chi connectivity index (χ2n) is 10.6. The smallest absolute Gasteiger partial charge is 0.410 e. The third-order valence-corrected chi connectivity index (χ3v) is 6.35. The molecule has 38 heavy (non-hydrogen) atoms. The Bertz CT molecular complexity index is 1320. The summed E-state index contributed by atoms with van der Waals surface area (Å²) in [7, 11) is 0. The lowest BCUT2D eigenvalue weighted by molar-refractivity contribution is -0.114. The molecular weight excluding hydrogens is 480 g/mol. The summed E-state index contributed by atoms with van der Waals surface area (Å²) in [6.45, 7) is 10.4. The lowest BCUT2D eigenvalue weighted by Gasteiger charge is -2.32. The Morgan fingerprint density at radius 3 is 2.55 bits per heavy atom. The molecule has 0 saturated heterocycles. The number of Topliss-reactive ketones (excluding diaryl/α,β-unsaturated/α-hetero) is 1. The van der Waals surface area contributed by atoms with Crippen LogP contribution in [0.5, 0.6) is 5.75 Å². The van der Waals surface area contributed by atoms with E-state index in [1.165, 1.54) is 0 Å². The topological polar surface area (TPSA) is 81.9 Å². The molecule has 0 saturated carbocycles.